The number of benzene rings is 1. The number of nitro groups is 1. The lowest BCUT2D eigenvalue weighted by atomic mass is 10.2. The quantitative estimate of drug-likeness (QED) is 0.489. The molecular formula is C12H8BrNO5. The summed E-state index contributed by atoms with van der Waals surface area (Å²) in [6.07, 6.45) is 0. The van der Waals surface area contributed by atoms with Gasteiger partial charge < -0.3 is 9.15 Å². The molecule has 2 rings (SSSR count). The van der Waals surface area contributed by atoms with Gasteiger partial charge in [0.25, 0.3) is 5.69 Å². The first-order chi connectivity index (χ1) is 9.06. The first-order valence-corrected chi connectivity index (χ1v) is 6.01. The van der Waals surface area contributed by atoms with Gasteiger partial charge in [0.2, 0.25) is 5.76 Å². The van der Waals surface area contributed by atoms with E-state index in [0.717, 1.165) is 0 Å². The molecule has 1 heterocycles. The van der Waals surface area contributed by atoms with Crippen molar-refractivity contribution in [3.05, 3.63) is 62.5 Å². The van der Waals surface area contributed by atoms with Crippen LogP contribution < -0.4 is 0 Å². The van der Waals surface area contributed by atoms with Crippen LogP contribution in [0, 0.1) is 10.1 Å². The highest BCUT2D eigenvalue weighted by molar-refractivity contribution is 9.10. The summed E-state index contributed by atoms with van der Waals surface area (Å²) in [5.74, 6) is -0.502. The Labute approximate surface area is 116 Å². The molecule has 6 nitrogen and oxygen atoms in total. The van der Waals surface area contributed by atoms with E-state index in [9.17, 15) is 14.9 Å². The van der Waals surface area contributed by atoms with E-state index in [0.29, 0.717) is 10.2 Å². The number of ether oxygens (including phenoxy) is 1. The summed E-state index contributed by atoms with van der Waals surface area (Å²) in [6, 6.07) is 8.84. The zero-order valence-electron chi connectivity index (χ0n) is 9.54. The van der Waals surface area contributed by atoms with Crippen molar-refractivity contribution in [2.75, 3.05) is 0 Å². The molecule has 0 radical (unpaired) electrons. The molecule has 0 aliphatic carbocycles. The Morgan fingerprint density at radius 3 is 2.47 bits per heavy atom. The number of carbonyl (C=O) groups excluding carboxylic acids is 1. The molecule has 0 fully saturated rings. The van der Waals surface area contributed by atoms with E-state index in [1.165, 1.54) is 30.3 Å². The first-order valence-electron chi connectivity index (χ1n) is 5.22. The normalized spacial score (nSPS) is 10.2. The first kappa shape index (κ1) is 13.3. The molecule has 0 bridgehead atoms. The van der Waals surface area contributed by atoms with Crippen molar-refractivity contribution in [3.8, 4) is 0 Å². The molecule has 19 heavy (non-hydrogen) atoms. The predicted molar refractivity (Wildman–Crippen MR) is 68.6 cm³/mol. The fourth-order valence-corrected chi connectivity index (χ4v) is 1.66. The number of carbonyl (C=O) groups is 1. The minimum absolute atomic E-state index is 0.00922. The van der Waals surface area contributed by atoms with Crippen LogP contribution in [0.25, 0.3) is 0 Å². The smallest absolute Gasteiger partial charge is 0.374 e. The number of furan rings is 1. The molecule has 0 aliphatic rings. The molecule has 1 aromatic carbocycles. The Kier molecular flexibility index (Phi) is 3.96. The van der Waals surface area contributed by atoms with Crippen molar-refractivity contribution in [1.82, 2.24) is 0 Å². The lowest BCUT2D eigenvalue weighted by Gasteiger charge is -2.02. The fourth-order valence-electron chi connectivity index (χ4n) is 1.36. The molecule has 0 N–H and O–H groups in total. The molecule has 0 aliphatic heterocycles. The van der Waals surface area contributed by atoms with Crippen LogP contribution in [0.2, 0.25) is 0 Å². The molecule has 0 unspecified atom stereocenters. The van der Waals surface area contributed by atoms with Crippen LogP contribution in [0.1, 0.15) is 16.1 Å². The van der Waals surface area contributed by atoms with E-state index in [1.54, 1.807) is 6.07 Å². The molecule has 1 aromatic heterocycles. The average Bonchev–Trinajstić information content (AvgIpc) is 2.83. The standard InChI is InChI=1S/C12H8BrNO5/c13-11-6-5-10(19-11)12(15)18-7-8-1-3-9(4-2-8)14(16)17/h1-6H,7H2. The average molecular weight is 326 g/mol. The summed E-state index contributed by atoms with van der Waals surface area (Å²) in [6.45, 7) is 0.0230. The van der Waals surface area contributed by atoms with Crippen LogP contribution in [-0.2, 0) is 11.3 Å². The third-order valence-corrected chi connectivity index (χ3v) is 2.72. The van der Waals surface area contributed by atoms with Crippen LogP contribution in [0.5, 0.6) is 0 Å². The van der Waals surface area contributed by atoms with Gasteiger partial charge in [-0.05, 0) is 45.8 Å². The van der Waals surface area contributed by atoms with Gasteiger partial charge in [-0.15, -0.1) is 0 Å². The monoisotopic (exact) mass is 325 g/mol. The van der Waals surface area contributed by atoms with Gasteiger partial charge in [0.15, 0.2) is 4.67 Å². The second-order valence-corrected chi connectivity index (χ2v) is 4.39. The highest BCUT2D eigenvalue weighted by atomic mass is 79.9. The Hall–Kier alpha value is -2.15. The van der Waals surface area contributed by atoms with Crippen LogP contribution in [0.3, 0.4) is 0 Å². The summed E-state index contributed by atoms with van der Waals surface area (Å²) < 4.78 is 10.5. The topological polar surface area (TPSA) is 82.6 Å². The van der Waals surface area contributed by atoms with Gasteiger partial charge in [-0.3, -0.25) is 10.1 Å². The summed E-state index contributed by atoms with van der Waals surface area (Å²) >= 11 is 3.08. The van der Waals surface area contributed by atoms with Gasteiger partial charge in [-0.25, -0.2) is 4.79 Å². The molecule has 0 amide bonds. The number of esters is 1. The number of nitrogens with zero attached hydrogens (tertiary/aromatic N) is 1. The molecule has 0 saturated carbocycles. The summed E-state index contributed by atoms with van der Waals surface area (Å²) in [5, 5.41) is 10.5. The molecular weight excluding hydrogens is 318 g/mol. The van der Waals surface area contributed by atoms with E-state index in [4.69, 9.17) is 9.15 Å². The fraction of sp³-hybridized carbons (Fsp3) is 0.0833. The summed E-state index contributed by atoms with van der Waals surface area (Å²) in [4.78, 5) is 21.5. The highest BCUT2D eigenvalue weighted by Crippen LogP contribution is 2.16. The van der Waals surface area contributed by atoms with Crippen LogP contribution in [0.4, 0.5) is 5.69 Å². The van der Waals surface area contributed by atoms with Gasteiger partial charge in [-0.2, -0.15) is 0 Å². The van der Waals surface area contributed by atoms with Crippen molar-refractivity contribution in [1.29, 1.82) is 0 Å². The minimum Gasteiger partial charge on any atom is -0.455 e. The Morgan fingerprint density at radius 1 is 1.26 bits per heavy atom. The van der Waals surface area contributed by atoms with Crippen molar-refractivity contribution >= 4 is 27.6 Å². The lowest BCUT2D eigenvalue weighted by molar-refractivity contribution is -0.384. The Bertz CT molecular complexity index is 605. The van der Waals surface area contributed by atoms with Crippen LogP contribution in [-0.4, -0.2) is 10.9 Å². The molecule has 0 spiro atoms. The molecule has 98 valence electrons. The van der Waals surface area contributed by atoms with E-state index in [1.807, 2.05) is 0 Å². The van der Waals surface area contributed by atoms with Crippen molar-refractivity contribution < 1.29 is 18.9 Å². The Balaban J connectivity index is 1.95. The van der Waals surface area contributed by atoms with E-state index in [-0.39, 0.29) is 18.1 Å². The van der Waals surface area contributed by atoms with Gasteiger partial charge in [0.1, 0.15) is 6.61 Å². The van der Waals surface area contributed by atoms with Gasteiger partial charge >= 0.3 is 5.97 Å². The number of non-ortho nitro benzene ring substituents is 1. The Morgan fingerprint density at radius 2 is 1.95 bits per heavy atom. The third kappa shape index (κ3) is 3.41. The second kappa shape index (κ2) is 5.66. The second-order valence-electron chi connectivity index (χ2n) is 3.60. The third-order valence-electron chi connectivity index (χ3n) is 2.29. The van der Waals surface area contributed by atoms with Crippen molar-refractivity contribution in [3.63, 3.8) is 0 Å². The number of nitro benzene ring substituents is 1. The zero-order chi connectivity index (χ0) is 13.8. The van der Waals surface area contributed by atoms with E-state index in [2.05, 4.69) is 15.9 Å². The van der Waals surface area contributed by atoms with Gasteiger partial charge in [0, 0.05) is 12.1 Å². The maximum atomic E-state index is 11.6. The predicted octanol–water partition coefficient (Wildman–Crippen LogP) is 3.31. The molecule has 0 saturated heterocycles. The van der Waals surface area contributed by atoms with E-state index < -0.39 is 10.9 Å². The molecule has 2 aromatic rings. The maximum absolute atomic E-state index is 11.6. The number of hydrogen-bond acceptors (Lipinski definition) is 5. The summed E-state index contributed by atoms with van der Waals surface area (Å²) in [5.41, 5.74) is 0.648. The van der Waals surface area contributed by atoms with Crippen molar-refractivity contribution in [2.24, 2.45) is 0 Å². The van der Waals surface area contributed by atoms with E-state index >= 15 is 0 Å². The van der Waals surface area contributed by atoms with Crippen LogP contribution in [0.15, 0.2) is 45.5 Å². The van der Waals surface area contributed by atoms with Crippen molar-refractivity contribution in [2.45, 2.75) is 6.61 Å². The zero-order valence-corrected chi connectivity index (χ0v) is 11.1. The number of rotatable bonds is 4. The number of halogens is 1. The SMILES string of the molecule is O=C(OCc1ccc([N+](=O)[O-])cc1)c1ccc(Br)o1. The maximum Gasteiger partial charge on any atom is 0.374 e. The van der Waals surface area contributed by atoms with Gasteiger partial charge in [0.05, 0.1) is 4.92 Å². The van der Waals surface area contributed by atoms with Gasteiger partial charge in [-0.1, -0.05) is 0 Å². The van der Waals surface area contributed by atoms with Crippen LogP contribution >= 0.6 is 15.9 Å². The molecule has 0 atom stereocenters. The largest absolute Gasteiger partial charge is 0.455 e. The lowest BCUT2D eigenvalue weighted by Crippen LogP contribution is -2.03. The highest BCUT2D eigenvalue weighted by Gasteiger charge is 2.12. The summed E-state index contributed by atoms with van der Waals surface area (Å²) in [7, 11) is 0. The molecule has 7 heteroatoms. The minimum atomic E-state index is -0.593. The number of hydrogen-bond donors (Lipinski definition) is 0.